The van der Waals surface area contributed by atoms with Crippen molar-refractivity contribution in [2.45, 2.75) is 20.4 Å². The van der Waals surface area contributed by atoms with Gasteiger partial charge in [0.2, 0.25) is 0 Å². The van der Waals surface area contributed by atoms with Crippen LogP contribution in [0.5, 0.6) is 0 Å². The van der Waals surface area contributed by atoms with Crippen LogP contribution in [0.15, 0.2) is 18.2 Å². The van der Waals surface area contributed by atoms with Crippen LogP contribution in [-0.2, 0) is 6.54 Å². The summed E-state index contributed by atoms with van der Waals surface area (Å²) in [4.78, 5) is 0. The molecule has 0 amide bonds. The van der Waals surface area contributed by atoms with Crippen LogP contribution in [0, 0.1) is 13.8 Å². The highest BCUT2D eigenvalue weighted by molar-refractivity contribution is 7.80. The Kier molecular flexibility index (Phi) is 3.63. The van der Waals surface area contributed by atoms with E-state index in [4.69, 9.17) is 0 Å². The number of thiol groups is 1. The van der Waals surface area contributed by atoms with E-state index < -0.39 is 0 Å². The second-order valence-electron chi connectivity index (χ2n) is 3.01. The largest absolute Gasteiger partial charge is 0.304 e. The topological polar surface area (TPSA) is 12.0 Å². The molecule has 1 N–H and O–H groups in total. The number of hydrogen-bond acceptors (Lipinski definition) is 2. The van der Waals surface area contributed by atoms with Gasteiger partial charge in [-0.3, -0.25) is 0 Å². The van der Waals surface area contributed by atoms with E-state index in [-0.39, 0.29) is 0 Å². The molecule has 2 heteroatoms. The summed E-state index contributed by atoms with van der Waals surface area (Å²) in [6.07, 6.45) is 0. The SMILES string of the molecule is Cc1ccc(C)c(CNCS)c1. The molecule has 0 atom stereocenters. The van der Waals surface area contributed by atoms with Crippen LogP contribution < -0.4 is 5.32 Å². The molecule has 1 aromatic rings. The van der Waals surface area contributed by atoms with Crippen molar-refractivity contribution in [2.75, 3.05) is 5.88 Å². The molecule has 0 saturated carbocycles. The zero-order valence-corrected chi connectivity index (χ0v) is 8.49. The van der Waals surface area contributed by atoms with E-state index in [0.29, 0.717) is 0 Å². The van der Waals surface area contributed by atoms with Gasteiger partial charge in [-0.05, 0) is 25.0 Å². The molecule has 0 unspecified atom stereocenters. The molecule has 0 fully saturated rings. The van der Waals surface area contributed by atoms with Crippen molar-refractivity contribution >= 4 is 12.6 Å². The van der Waals surface area contributed by atoms with E-state index in [2.05, 4.69) is 50.0 Å². The van der Waals surface area contributed by atoms with Gasteiger partial charge in [0.15, 0.2) is 0 Å². The monoisotopic (exact) mass is 181 g/mol. The Morgan fingerprint density at radius 3 is 2.75 bits per heavy atom. The highest BCUT2D eigenvalue weighted by Crippen LogP contribution is 2.09. The van der Waals surface area contributed by atoms with Crippen LogP contribution in [0.4, 0.5) is 0 Å². The van der Waals surface area contributed by atoms with Crippen molar-refractivity contribution in [1.29, 1.82) is 0 Å². The average Bonchev–Trinajstić information content (AvgIpc) is 2.07. The molecule has 0 aliphatic heterocycles. The van der Waals surface area contributed by atoms with Gasteiger partial charge in [-0.15, -0.1) is 0 Å². The molecule has 0 aliphatic rings. The van der Waals surface area contributed by atoms with Gasteiger partial charge in [-0.25, -0.2) is 0 Å². The molecule has 1 rings (SSSR count). The fourth-order valence-electron chi connectivity index (χ4n) is 1.18. The quantitative estimate of drug-likeness (QED) is 0.538. The highest BCUT2D eigenvalue weighted by Gasteiger charge is 1.96. The van der Waals surface area contributed by atoms with Crippen LogP contribution in [0.25, 0.3) is 0 Å². The first kappa shape index (κ1) is 9.62. The predicted molar refractivity (Wildman–Crippen MR) is 56.6 cm³/mol. The Labute approximate surface area is 79.6 Å². The average molecular weight is 181 g/mol. The van der Waals surface area contributed by atoms with E-state index in [1.54, 1.807) is 0 Å². The van der Waals surface area contributed by atoms with E-state index >= 15 is 0 Å². The minimum atomic E-state index is 0.730. The third kappa shape index (κ3) is 2.54. The van der Waals surface area contributed by atoms with Gasteiger partial charge in [-0.2, -0.15) is 12.6 Å². The summed E-state index contributed by atoms with van der Waals surface area (Å²) < 4.78 is 0. The van der Waals surface area contributed by atoms with Gasteiger partial charge < -0.3 is 5.32 Å². The van der Waals surface area contributed by atoms with E-state index in [0.717, 1.165) is 12.4 Å². The molecular formula is C10H15NS. The summed E-state index contributed by atoms with van der Waals surface area (Å²) in [5.74, 6) is 0.730. The molecule has 12 heavy (non-hydrogen) atoms. The summed E-state index contributed by atoms with van der Waals surface area (Å²) >= 11 is 4.10. The van der Waals surface area contributed by atoms with Gasteiger partial charge in [0.25, 0.3) is 0 Å². The summed E-state index contributed by atoms with van der Waals surface area (Å²) in [5.41, 5.74) is 4.02. The van der Waals surface area contributed by atoms with Crippen molar-refractivity contribution in [3.05, 3.63) is 34.9 Å². The molecule has 66 valence electrons. The Bertz CT molecular complexity index is 258. The standard InChI is InChI=1S/C10H15NS/c1-8-3-4-9(2)10(5-8)6-11-7-12/h3-5,11-12H,6-7H2,1-2H3. The summed E-state index contributed by atoms with van der Waals surface area (Å²) in [6, 6.07) is 6.51. The predicted octanol–water partition coefficient (Wildman–Crippen LogP) is 2.28. The molecule has 1 nitrogen and oxygen atoms in total. The third-order valence-corrected chi connectivity index (χ3v) is 2.16. The van der Waals surface area contributed by atoms with Gasteiger partial charge in [0, 0.05) is 12.4 Å². The lowest BCUT2D eigenvalue weighted by molar-refractivity contribution is 0.792. The second-order valence-corrected chi connectivity index (χ2v) is 3.33. The molecule has 0 radical (unpaired) electrons. The molecule has 0 aromatic heterocycles. The first-order chi connectivity index (χ1) is 5.74. The van der Waals surface area contributed by atoms with Crippen LogP contribution in [-0.4, -0.2) is 5.88 Å². The van der Waals surface area contributed by atoms with Crippen LogP contribution in [0.3, 0.4) is 0 Å². The summed E-state index contributed by atoms with van der Waals surface area (Å²) in [5, 5.41) is 3.20. The third-order valence-electron chi connectivity index (χ3n) is 1.93. The number of benzene rings is 1. The first-order valence-corrected chi connectivity index (χ1v) is 4.75. The normalized spacial score (nSPS) is 10.2. The second kappa shape index (κ2) is 4.53. The van der Waals surface area contributed by atoms with Crippen molar-refractivity contribution < 1.29 is 0 Å². The molecule has 0 heterocycles. The Morgan fingerprint density at radius 2 is 2.08 bits per heavy atom. The summed E-state index contributed by atoms with van der Waals surface area (Å²) in [6.45, 7) is 5.16. The fourth-order valence-corrected chi connectivity index (χ4v) is 1.29. The van der Waals surface area contributed by atoms with Crippen LogP contribution >= 0.6 is 12.6 Å². The van der Waals surface area contributed by atoms with Gasteiger partial charge in [0.1, 0.15) is 0 Å². The van der Waals surface area contributed by atoms with E-state index in [1.165, 1.54) is 16.7 Å². The summed E-state index contributed by atoms with van der Waals surface area (Å²) in [7, 11) is 0. The lowest BCUT2D eigenvalue weighted by Crippen LogP contribution is -2.11. The van der Waals surface area contributed by atoms with Gasteiger partial charge in [-0.1, -0.05) is 23.8 Å². The van der Waals surface area contributed by atoms with Gasteiger partial charge >= 0.3 is 0 Å². The fraction of sp³-hybridized carbons (Fsp3) is 0.400. The van der Waals surface area contributed by atoms with Crippen LogP contribution in [0.2, 0.25) is 0 Å². The maximum atomic E-state index is 4.10. The van der Waals surface area contributed by atoms with Crippen LogP contribution in [0.1, 0.15) is 16.7 Å². The molecule has 0 bridgehead atoms. The first-order valence-electron chi connectivity index (χ1n) is 4.11. The highest BCUT2D eigenvalue weighted by atomic mass is 32.1. The Morgan fingerprint density at radius 1 is 1.33 bits per heavy atom. The lowest BCUT2D eigenvalue weighted by atomic mass is 10.1. The molecular weight excluding hydrogens is 166 g/mol. The number of aryl methyl sites for hydroxylation is 2. The zero-order chi connectivity index (χ0) is 8.97. The number of hydrogen-bond donors (Lipinski definition) is 2. The van der Waals surface area contributed by atoms with E-state index in [9.17, 15) is 0 Å². The number of rotatable bonds is 3. The van der Waals surface area contributed by atoms with Crippen molar-refractivity contribution in [3.63, 3.8) is 0 Å². The number of nitrogens with one attached hydrogen (secondary N) is 1. The molecule has 0 saturated heterocycles. The van der Waals surface area contributed by atoms with E-state index in [1.807, 2.05) is 0 Å². The van der Waals surface area contributed by atoms with Crippen molar-refractivity contribution in [3.8, 4) is 0 Å². The van der Waals surface area contributed by atoms with Crippen molar-refractivity contribution in [2.24, 2.45) is 0 Å². The minimum absolute atomic E-state index is 0.730. The Balaban J connectivity index is 2.75. The lowest BCUT2D eigenvalue weighted by Gasteiger charge is -2.06. The molecule has 1 aromatic carbocycles. The smallest absolute Gasteiger partial charge is 0.0390 e. The maximum Gasteiger partial charge on any atom is 0.0390 e. The van der Waals surface area contributed by atoms with Crippen molar-refractivity contribution in [1.82, 2.24) is 5.32 Å². The van der Waals surface area contributed by atoms with Gasteiger partial charge in [0.05, 0.1) is 0 Å². The minimum Gasteiger partial charge on any atom is -0.304 e. The molecule has 0 aliphatic carbocycles. The molecule has 0 spiro atoms. The maximum absolute atomic E-state index is 4.10. The Hall–Kier alpha value is -0.470. The zero-order valence-electron chi connectivity index (χ0n) is 7.59.